The van der Waals surface area contributed by atoms with Crippen molar-refractivity contribution in [3.8, 4) is 0 Å². The molecule has 0 aromatic carbocycles. The predicted molar refractivity (Wildman–Crippen MR) is 83.7 cm³/mol. The standard InChI is InChI=1S/C14H26N2O2S.ClH/c17-19(18,11-12-4-2-1-3-5-12)16-9-8-13-6-7-14(10-16)15-13;/h12-15H,1-11H2;1H. The maximum atomic E-state index is 12.6. The molecule has 2 heterocycles. The minimum Gasteiger partial charge on any atom is -0.310 e. The molecule has 2 saturated heterocycles. The second-order valence-electron chi connectivity index (χ2n) is 6.57. The van der Waals surface area contributed by atoms with Crippen LogP contribution in [-0.4, -0.2) is 43.6 Å². The van der Waals surface area contributed by atoms with Crippen molar-refractivity contribution in [3.63, 3.8) is 0 Å². The zero-order valence-corrected chi connectivity index (χ0v) is 13.7. The minimum absolute atomic E-state index is 0. The van der Waals surface area contributed by atoms with Gasteiger partial charge in [0.05, 0.1) is 5.75 Å². The van der Waals surface area contributed by atoms with E-state index < -0.39 is 10.0 Å². The Morgan fingerprint density at radius 2 is 1.65 bits per heavy atom. The van der Waals surface area contributed by atoms with Crippen LogP contribution in [0, 0.1) is 5.92 Å². The summed E-state index contributed by atoms with van der Waals surface area (Å²) in [4.78, 5) is 0. The van der Waals surface area contributed by atoms with Crippen molar-refractivity contribution in [1.29, 1.82) is 0 Å². The zero-order chi connectivity index (χ0) is 13.3. The van der Waals surface area contributed by atoms with Crippen LogP contribution in [0.1, 0.15) is 51.4 Å². The van der Waals surface area contributed by atoms with Crippen molar-refractivity contribution in [3.05, 3.63) is 0 Å². The summed E-state index contributed by atoms with van der Waals surface area (Å²) in [6, 6.07) is 0.952. The van der Waals surface area contributed by atoms with E-state index in [0.29, 0.717) is 30.3 Å². The van der Waals surface area contributed by atoms with Gasteiger partial charge in [0.25, 0.3) is 0 Å². The first-order valence-corrected chi connectivity index (χ1v) is 9.48. The van der Waals surface area contributed by atoms with E-state index in [1.54, 1.807) is 4.31 Å². The summed E-state index contributed by atoms with van der Waals surface area (Å²) in [5.74, 6) is 0.803. The normalized spacial score (nSPS) is 32.6. The second kappa shape index (κ2) is 6.95. The summed E-state index contributed by atoms with van der Waals surface area (Å²) in [5, 5.41) is 3.55. The van der Waals surface area contributed by atoms with Crippen LogP contribution in [0.25, 0.3) is 0 Å². The second-order valence-corrected chi connectivity index (χ2v) is 8.58. The van der Waals surface area contributed by atoms with Crippen LogP contribution in [0.2, 0.25) is 0 Å². The largest absolute Gasteiger partial charge is 0.310 e. The predicted octanol–water partition coefficient (Wildman–Crippen LogP) is 2.14. The third-order valence-electron chi connectivity index (χ3n) is 5.05. The number of halogens is 1. The van der Waals surface area contributed by atoms with Gasteiger partial charge in [0.2, 0.25) is 10.0 Å². The fourth-order valence-electron chi connectivity index (χ4n) is 3.92. The SMILES string of the molecule is Cl.O=S(=O)(CC1CCCCC1)N1CCC2CCC(C1)N2. The van der Waals surface area contributed by atoms with Crippen LogP contribution >= 0.6 is 12.4 Å². The molecule has 3 aliphatic rings. The smallest absolute Gasteiger partial charge is 0.214 e. The molecule has 118 valence electrons. The van der Waals surface area contributed by atoms with Crippen molar-refractivity contribution >= 4 is 22.4 Å². The summed E-state index contributed by atoms with van der Waals surface area (Å²) >= 11 is 0. The highest BCUT2D eigenvalue weighted by Crippen LogP contribution is 2.27. The molecule has 2 atom stereocenters. The van der Waals surface area contributed by atoms with Gasteiger partial charge in [0.15, 0.2) is 0 Å². The molecule has 2 bridgehead atoms. The van der Waals surface area contributed by atoms with Gasteiger partial charge < -0.3 is 5.32 Å². The van der Waals surface area contributed by atoms with Gasteiger partial charge in [-0.25, -0.2) is 12.7 Å². The third kappa shape index (κ3) is 3.87. The molecule has 1 aliphatic carbocycles. The Hall–Kier alpha value is 0.160. The lowest BCUT2D eigenvalue weighted by molar-refractivity contribution is 0.355. The molecule has 0 amide bonds. The highest BCUT2D eigenvalue weighted by molar-refractivity contribution is 7.89. The number of sulfonamides is 1. The van der Waals surface area contributed by atoms with E-state index in [1.807, 2.05) is 0 Å². The monoisotopic (exact) mass is 322 g/mol. The first kappa shape index (κ1) is 16.5. The van der Waals surface area contributed by atoms with Gasteiger partial charge in [0, 0.05) is 25.2 Å². The molecular weight excluding hydrogens is 296 g/mol. The van der Waals surface area contributed by atoms with E-state index in [0.717, 1.165) is 32.2 Å². The van der Waals surface area contributed by atoms with Crippen molar-refractivity contribution in [1.82, 2.24) is 9.62 Å². The third-order valence-corrected chi connectivity index (χ3v) is 7.06. The molecule has 0 radical (unpaired) electrons. The summed E-state index contributed by atoms with van der Waals surface area (Å²) in [6.45, 7) is 1.43. The average Bonchev–Trinajstić information content (AvgIpc) is 2.69. The lowest BCUT2D eigenvalue weighted by Crippen LogP contribution is -2.41. The summed E-state index contributed by atoms with van der Waals surface area (Å²) < 4.78 is 26.9. The van der Waals surface area contributed by atoms with Crippen LogP contribution in [0.15, 0.2) is 0 Å². The molecule has 0 aromatic heterocycles. The number of rotatable bonds is 3. The molecule has 6 heteroatoms. The fraction of sp³-hybridized carbons (Fsp3) is 1.00. The Kier molecular flexibility index (Phi) is 5.74. The van der Waals surface area contributed by atoms with Gasteiger partial charge in [-0.1, -0.05) is 19.3 Å². The van der Waals surface area contributed by atoms with Gasteiger partial charge in [-0.15, -0.1) is 12.4 Å². The summed E-state index contributed by atoms with van der Waals surface area (Å²) in [7, 11) is -3.04. The Labute approximate surface area is 129 Å². The number of nitrogens with zero attached hydrogens (tertiary/aromatic N) is 1. The molecule has 20 heavy (non-hydrogen) atoms. The lowest BCUT2D eigenvalue weighted by Gasteiger charge is -2.27. The van der Waals surface area contributed by atoms with Crippen molar-refractivity contribution in [2.24, 2.45) is 5.92 Å². The van der Waals surface area contributed by atoms with E-state index in [9.17, 15) is 8.42 Å². The number of hydrogen-bond donors (Lipinski definition) is 1. The maximum absolute atomic E-state index is 12.6. The fourth-order valence-corrected chi connectivity index (χ4v) is 5.85. The molecule has 4 nitrogen and oxygen atoms in total. The summed E-state index contributed by atoms with van der Waals surface area (Å²) in [6.07, 6.45) is 9.28. The van der Waals surface area contributed by atoms with Crippen LogP contribution in [0.5, 0.6) is 0 Å². The van der Waals surface area contributed by atoms with Crippen LogP contribution in [0.3, 0.4) is 0 Å². The molecule has 0 spiro atoms. The molecule has 3 fully saturated rings. The lowest BCUT2D eigenvalue weighted by atomic mass is 9.91. The van der Waals surface area contributed by atoms with E-state index in [4.69, 9.17) is 0 Å². The topological polar surface area (TPSA) is 49.4 Å². The Bertz CT molecular complexity index is 409. The molecule has 3 rings (SSSR count). The van der Waals surface area contributed by atoms with Crippen molar-refractivity contribution in [2.75, 3.05) is 18.8 Å². The minimum atomic E-state index is -3.04. The van der Waals surface area contributed by atoms with Crippen molar-refractivity contribution < 1.29 is 8.42 Å². The quantitative estimate of drug-likeness (QED) is 0.866. The van der Waals surface area contributed by atoms with E-state index in [-0.39, 0.29) is 12.4 Å². The Balaban J connectivity index is 0.00000147. The van der Waals surface area contributed by atoms with Crippen LogP contribution in [-0.2, 0) is 10.0 Å². The first-order valence-electron chi connectivity index (χ1n) is 7.87. The van der Waals surface area contributed by atoms with Gasteiger partial charge in [-0.2, -0.15) is 0 Å². The van der Waals surface area contributed by atoms with Crippen LogP contribution < -0.4 is 5.32 Å². The van der Waals surface area contributed by atoms with E-state index in [1.165, 1.54) is 25.7 Å². The average molecular weight is 323 g/mol. The van der Waals surface area contributed by atoms with Gasteiger partial charge in [-0.05, 0) is 38.0 Å². The van der Waals surface area contributed by atoms with Gasteiger partial charge in [-0.3, -0.25) is 0 Å². The van der Waals surface area contributed by atoms with E-state index >= 15 is 0 Å². The molecular formula is C14H27ClN2O2S. The molecule has 2 unspecified atom stereocenters. The number of hydrogen-bond acceptors (Lipinski definition) is 3. The highest BCUT2D eigenvalue weighted by atomic mass is 35.5. The maximum Gasteiger partial charge on any atom is 0.214 e. The molecule has 0 aromatic rings. The first-order chi connectivity index (χ1) is 9.13. The highest BCUT2D eigenvalue weighted by Gasteiger charge is 2.35. The van der Waals surface area contributed by atoms with Crippen LogP contribution in [0.4, 0.5) is 0 Å². The van der Waals surface area contributed by atoms with Crippen molar-refractivity contribution in [2.45, 2.75) is 63.5 Å². The number of nitrogens with one attached hydrogen (secondary N) is 1. The Morgan fingerprint density at radius 3 is 2.40 bits per heavy atom. The number of fused-ring (bicyclic) bond motifs is 2. The zero-order valence-electron chi connectivity index (χ0n) is 12.1. The van der Waals surface area contributed by atoms with E-state index in [2.05, 4.69) is 5.32 Å². The molecule has 1 N–H and O–H groups in total. The van der Waals surface area contributed by atoms with Gasteiger partial charge >= 0.3 is 0 Å². The summed E-state index contributed by atoms with van der Waals surface area (Å²) in [5.41, 5.74) is 0. The molecule has 1 saturated carbocycles. The van der Waals surface area contributed by atoms with Gasteiger partial charge in [0.1, 0.15) is 0 Å². The molecule has 2 aliphatic heterocycles. The Morgan fingerprint density at radius 1 is 0.950 bits per heavy atom.